The molecule has 0 bridgehead atoms. The smallest absolute Gasteiger partial charge is 0.320 e. The minimum absolute atomic E-state index is 0.0710. The second-order valence-corrected chi connectivity index (χ2v) is 8.89. The fourth-order valence-corrected chi connectivity index (χ4v) is 4.35. The molecule has 176 valence electrons. The first kappa shape index (κ1) is 21.9. The summed E-state index contributed by atoms with van der Waals surface area (Å²) < 4.78 is 1.67. The first-order valence-corrected chi connectivity index (χ1v) is 11.6. The van der Waals surface area contributed by atoms with Crippen molar-refractivity contribution in [2.24, 2.45) is 0 Å². The predicted molar refractivity (Wildman–Crippen MR) is 124 cm³/mol. The lowest BCUT2D eigenvalue weighted by atomic mass is 10.0. The maximum absolute atomic E-state index is 12.9. The molecule has 0 spiro atoms. The second kappa shape index (κ2) is 9.16. The van der Waals surface area contributed by atoms with Gasteiger partial charge < -0.3 is 15.1 Å². The van der Waals surface area contributed by atoms with E-state index in [1.807, 2.05) is 23.6 Å². The van der Waals surface area contributed by atoms with Crippen LogP contribution in [0.5, 0.6) is 0 Å². The molecule has 0 unspecified atom stereocenters. The molecular weight excluding hydrogens is 434 g/mol. The molecule has 11 nitrogen and oxygen atoms in total. The summed E-state index contributed by atoms with van der Waals surface area (Å²) in [6.07, 6.45) is 4.60. The van der Waals surface area contributed by atoms with Crippen LogP contribution in [-0.2, 0) is 13.0 Å². The number of fused-ring (bicyclic) bond motifs is 1. The largest absolute Gasteiger partial charge is 0.325 e. The fraction of sp³-hybridized carbons (Fsp3) is 0.435. The van der Waals surface area contributed by atoms with Crippen molar-refractivity contribution in [3.63, 3.8) is 0 Å². The van der Waals surface area contributed by atoms with Crippen LogP contribution in [-0.4, -0.2) is 71.5 Å². The van der Waals surface area contributed by atoms with Crippen LogP contribution in [0.25, 0.3) is 11.5 Å². The number of rotatable bonds is 4. The Morgan fingerprint density at radius 2 is 1.88 bits per heavy atom. The molecule has 1 fully saturated rings. The first-order chi connectivity index (χ1) is 16.5. The number of aromatic nitrogens is 6. The predicted octanol–water partition coefficient (Wildman–Crippen LogP) is 2.54. The van der Waals surface area contributed by atoms with E-state index in [-0.39, 0.29) is 23.7 Å². The number of nitrogens with zero attached hydrogens (tertiary/aromatic N) is 8. The van der Waals surface area contributed by atoms with Gasteiger partial charge in [-0.3, -0.25) is 9.78 Å². The molecule has 3 amide bonds. The van der Waals surface area contributed by atoms with E-state index in [2.05, 4.69) is 30.8 Å². The van der Waals surface area contributed by atoms with E-state index in [0.29, 0.717) is 30.4 Å². The van der Waals surface area contributed by atoms with Crippen LogP contribution in [0, 0.1) is 0 Å². The third kappa shape index (κ3) is 4.33. The molecule has 5 rings (SSSR count). The number of tetrazole rings is 1. The lowest BCUT2D eigenvalue weighted by molar-refractivity contribution is 0.102. The Kier molecular flexibility index (Phi) is 5.91. The van der Waals surface area contributed by atoms with Crippen LogP contribution in [0.1, 0.15) is 54.3 Å². The first-order valence-electron chi connectivity index (χ1n) is 11.6. The third-order valence-electron chi connectivity index (χ3n) is 6.18. The summed E-state index contributed by atoms with van der Waals surface area (Å²) in [7, 11) is 0. The molecule has 2 aliphatic heterocycles. The molecule has 0 radical (unpaired) electrons. The van der Waals surface area contributed by atoms with Crippen molar-refractivity contribution in [2.75, 3.05) is 25.0 Å². The third-order valence-corrected chi connectivity index (χ3v) is 6.18. The van der Waals surface area contributed by atoms with Gasteiger partial charge in [0.05, 0.1) is 6.04 Å². The second-order valence-electron chi connectivity index (χ2n) is 8.89. The maximum atomic E-state index is 12.9. The molecule has 1 saturated heterocycles. The standard InChI is InChI=1S/C23H27N9O2/c1-15(2)32-21(27-28-29-32)18-6-5-7-20(25-18)26-22(33)19-12-17-14-31(11-8-16(17)13-24-19)23(34)30-9-3-4-10-30/h5-7,12-13,15H,3-4,8-11,14H2,1-2H3,(H,25,26,33). The van der Waals surface area contributed by atoms with Crippen molar-refractivity contribution in [2.45, 2.75) is 45.7 Å². The number of hydrogen-bond donors (Lipinski definition) is 1. The van der Waals surface area contributed by atoms with Gasteiger partial charge in [-0.2, -0.15) is 0 Å². The van der Waals surface area contributed by atoms with Gasteiger partial charge in [0.1, 0.15) is 17.2 Å². The molecule has 3 aromatic rings. The Morgan fingerprint density at radius 1 is 1.06 bits per heavy atom. The van der Waals surface area contributed by atoms with E-state index in [4.69, 9.17) is 0 Å². The van der Waals surface area contributed by atoms with Gasteiger partial charge in [0.2, 0.25) is 5.82 Å². The number of likely N-dealkylation sites (tertiary alicyclic amines) is 1. The summed E-state index contributed by atoms with van der Waals surface area (Å²) in [6.45, 7) is 6.75. The number of hydrogen-bond acceptors (Lipinski definition) is 7. The molecule has 1 N–H and O–H groups in total. The number of anilines is 1. The Balaban J connectivity index is 1.31. The lowest BCUT2D eigenvalue weighted by Gasteiger charge is -2.32. The molecule has 3 aromatic heterocycles. The van der Waals surface area contributed by atoms with Crippen LogP contribution < -0.4 is 5.32 Å². The summed E-state index contributed by atoms with van der Waals surface area (Å²) in [5.41, 5.74) is 2.87. The lowest BCUT2D eigenvalue weighted by Crippen LogP contribution is -2.44. The fourth-order valence-electron chi connectivity index (χ4n) is 4.35. The van der Waals surface area contributed by atoms with Crippen LogP contribution in [0.4, 0.5) is 10.6 Å². The van der Waals surface area contributed by atoms with Gasteiger partial charge in [-0.15, -0.1) is 5.10 Å². The van der Waals surface area contributed by atoms with E-state index < -0.39 is 0 Å². The van der Waals surface area contributed by atoms with E-state index in [9.17, 15) is 9.59 Å². The molecule has 2 aliphatic rings. The van der Waals surface area contributed by atoms with Crippen LogP contribution >= 0.6 is 0 Å². The van der Waals surface area contributed by atoms with Gasteiger partial charge >= 0.3 is 6.03 Å². The Labute approximate surface area is 197 Å². The minimum Gasteiger partial charge on any atom is -0.325 e. The van der Waals surface area contributed by atoms with Gasteiger partial charge in [0.15, 0.2) is 0 Å². The molecule has 0 saturated carbocycles. The summed E-state index contributed by atoms with van der Waals surface area (Å²) in [5, 5.41) is 14.6. The average Bonchev–Trinajstić information content (AvgIpc) is 3.56. The SMILES string of the molecule is CC(C)n1nnnc1-c1cccc(NC(=O)c2cc3c(cn2)CCN(C(=O)N2CCCC2)C3)n1. The van der Waals surface area contributed by atoms with E-state index in [1.54, 1.807) is 35.1 Å². The molecule has 11 heteroatoms. The molecule has 0 atom stereocenters. The van der Waals surface area contributed by atoms with E-state index in [0.717, 1.165) is 43.5 Å². The van der Waals surface area contributed by atoms with Gasteiger partial charge in [0, 0.05) is 32.4 Å². The quantitative estimate of drug-likeness (QED) is 0.633. The van der Waals surface area contributed by atoms with E-state index in [1.165, 1.54) is 0 Å². The highest BCUT2D eigenvalue weighted by Crippen LogP contribution is 2.23. The topological polar surface area (TPSA) is 122 Å². The molecule has 0 aliphatic carbocycles. The number of carbonyl (C=O) groups excluding carboxylic acids is 2. The normalized spacial score (nSPS) is 15.5. The number of carbonyl (C=O) groups is 2. The Hall–Kier alpha value is -3.89. The zero-order chi connectivity index (χ0) is 23.7. The zero-order valence-corrected chi connectivity index (χ0v) is 19.3. The van der Waals surface area contributed by atoms with Crippen LogP contribution in [0.2, 0.25) is 0 Å². The highest BCUT2D eigenvalue weighted by molar-refractivity contribution is 6.02. The van der Waals surface area contributed by atoms with Gasteiger partial charge in [-0.25, -0.2) is 14.5 Å². The summed E-state index contributed by atoms with van der Waals surface area (Å²) >= 11 is 0. The number of amides is 3. The average molecular weight is 462 g/mol. The molecule has 34 heavy (non-hydrogen) atoms. The molecule has 0 aromatic carbocycles. The number of nitrogens with one attached hydrogen (secondary N) is 1. The highest BCUT2D eigenvalue weighted by Gasteiger charge is 2.27. The summed E-state index contributed by atoms with van der Waals surface area (Å²) in [6, 6.07) is 7.22. The van der Waals surface area contributed by atoms with Crippen LogP contribution in [0.15, 0.2) is 30.5 Å². The Bertz CT molecular complexity index is 1220. The van der Waals surface area contributed by atoms with Crippen molar-refractivity contribution in [1.82, 2.24) is 40.0 Å². The molecule has 5 heterocycles. The van der Waals surface area contributed by atoms with Crippen molar-refractivity contribution in [3.05, 3.63) is 47.3 Å². The van der Waals surface area contributed by atoms with Gasteiger partial charge in [-0.05, 0) is 72.9 Å². The van der Waals surface area contributed by atoms with Crippen molar-refractivity contribution < 1.29 is 9.59 Å². The Morgan fingerprint density at radius 3 is 2.68 bits per heavy atom. The van der Waals surface area contributed by atoms with Crippen molar-refractivity contribution in [1.29, 1.82) is 0 Å². The summed E-state index contributed by atoms with van der Waals surface area (Å²) in [4.78, 5) is 38.4. The number of urea groups is 1. The van der Waals surface area contributed by atoms with Gasteiger partial charge in [0.25, 0.3) is 5.91 Å². The van der Waals surface area contributed by atoms with Crippen LogP contribution in [0.3, 0.4) is 0 Å². The number of pyridine rings is 2. The molecular formula is C23H27N9O2. The minimum atomic E-state index is -0.362. The van der Waals surface area contributed by atoms with E-state index >= 15 is 0 Å². The monoisotopic (exact) mass is 461 g/mol. The maximum Gasteiger partial charge on any atom is 0.320 e. The van der Waals surface area contributed by atoms with Crippen molar-refractivity contribution in [3.8, 4) is 11.5 Å². The summed E-state index contributed by atoms with van der Waals surface area (Å²) in [5.74, 6) is 0.547. The zero-order valence-electron chi connectivity index (χ0n) is 19.3. The van der Waals surface area contributed by atoms with Gasteiger partial charge in [-0.1, -0.05) is 6.07 Å². The highest BCUT2D eigenvalue weighted by atomic mass is 16.2. The van der Waals surface area contributed by atoms with Crippen molar-refractivity contribution >= 4 is 17.8 Å².